The zero-order valence-electron chi connectivity index (χ0n) is 12.9. The largest absolute Gasteiger partial charge is 0.342 e. The minimum Gasteiger partial charge on any atom is -0.342 e. The zero-order valence-corrected chi connectivity index (χ0v) is 13.7. The first-order chi connectivity index (χ1) is 10.8. The molecule has 1 aliphatic rings. The van der Waals surface area contributed by atoms with Gasteiger partial charge in [0.2, 0.25) is 5.91 Å². The molecular formula is C15H21N5OS. The molecule has 6 nitrogen and oxygen atoms in total. The van der Waals surface area contributed by atoms with E-state index in [2.05, 4.69) is 15.1 Å². The maximum atomic E-state index is 12.4. The molecule has 2 aromatic rings. The molecule has 0 unspecified atom stereocenters. The summed E-state index contributed by atoms with van der Waals surface area (Å²) >= 11 is 1.48. The Morgan fingerprint density at radius 3 is 2.68 bits per heavy atom. The molecule has 0 aliphatic carbocycles. The minimum absolute atomic E-state index is 0.211. The number of nitrogens with zero attached hydrogens (tertiary/aromatic N) is 5. The Bertz CT molecular complexity index is 648. The van der Waals surface area contributed by atoms with Crippen molar-refractivity contribution in [3.63, 3.8) is 0 Å². The van der Waals surface area contributed by atoms with Crippen molar-refractivity contribution in [2.45, 2.75) is 37.1 Å². The molecule has 3 heterocycles. The maximum Gasteiger partial charge on any atom is 0.232 e. The number of hydrogen-bond donors (Lipinski definition) is 0. The van der Waals surface area contributed by atoms with E-state index in [0.29, 0.717) is 5.75 Å². The number of carbonyl (C=O) groups is 1. The first kappa shape index (κ1) is 15.3. The molecule has 1 amide bonds. The van der Waals surface area contributed by atoms with Crippen molar-refractivity contribution in [2.75, 3.05) is 18.8 Å². The molecule has 1 aliphatic heterocycles. The number of hydrogen-bond acceptors (Lipinski definition) is 5. The predicted molar refractivity (Wildman–Crippen MR) is 86.7 cm³/mol. The van der Waals surface area contributed by atoms with Crippen LogP contribution in [-0.2, 0) is 11.8 Å². The van der Waals surface area contributed by atoms with Crippen LogP contribution in [0.3, 0.4) is 0 Å². The fraction of sp³-hybridized carbons (Fsp3) is 0.600. The molecule has 7 heteroatoms. The van der Waals surface area contributed by atoms with Crippen molar-refractivity contribution in [1.82, 2.24) is 24.6 Å². The lowest BCUT2D eigenvalue weighted by Crippen LogP contribution is -2.35. The van der Waals surface area contributed by atoms with Crippen molar-refractivity contribution in [3.8, 4) is 0 Å². The van der Waals surface area contributed by atoms with Gasteiger partial charge in [0, 0.05) is 20.1 Å². The SMILES string of the molecule is Cn1ncc2c(SCC(=O)N3CCCCCCC3)ncnc21. The molecule has 3 rings (SSSR count). The van der Waals surface area contributed by atoms with E-state index in [0.717, 1.165) is 42.0 Å². The van der Waals surface area contributed by atoms with Crippen LogP contribution >= 0.6 is 11.8 Å². The molecule has 0 radical (unpaired) electrons. The lowest BCUT2D eigenvalue weighted by atomic mass is 10.1. The number of aryl methyl sites for hydroxylation is 1. The summed E-state index contributed by atoms with van der Waals surface area (Å²) in [6, 6.07) is 0. The van der Waals surface area contributed by atoms with E-state index in [9.17, 15) is 4.79 Å². The molecule has 0 atom stereocenters. The molecular weight excluding hydrogens is 298 g/mol. The summed E-state index contributed by atoms with van der Waals surface area (Å²) in [6.45, 7) is 1.79. The fourth-order valence-electron chi connectivity index (χ4n) is 2.77. The molecule has 2 aromatic heterocycles. The van der Waals surface area contributed by atoms with Crippen LogP contribution in [0.4, 0.5) is 0 Å². The lowest BCUT2D eigenvalue weighted by molar-refractivity contribution is -0.128. The van der Waals surface area contributed by atoms with E-state index in [1.54, 1.807) is 10.9 Å². The van der Waals surface area contributed by atoms with Crippen LogP contribution in [0, 0.1) is 0 Å². The third-order valence-electron chi connectivity index (χ3n) is 4.03. The van der Waals surface area contributed by atoms with Crippen molar-refractivity contribution in [2.24, 2.45) is 7.05 Å². The Morgan fingerprint density at radius 1 is 1.18 bits per heavy atom. The van der Waals surface area contributed by atoms with Crippen LogP contribution in [0.1, 0.15) is 32.1 Å². The Labute approximate surface area is 134 Å². The number of likely N-dealkylation sites (tertiary alicyclic amines) is 1. The van der Waals surface area contributed by atoms with E-state index in [1.165, 1.54) is 37.4 Å². The van der Waals surface area contributed by atoms with E-state index in [1.807, 2.05) is 11.9 Å². The lowest BCUT2D eigenvalue weighted by Gasteiger charge is -2.24. The van der Waals surface area contributed by atoms with Gasteiger partial charge < -0.3 is 4.90 Å². The molecule has 0 aromatic carbocycles. The summed E-state index contributed by atoms with van der Waals surface area (Å²) in [6.07, 6.45) is 9.31. The number of aromatic nitrogens is 4. The second-order valence-electron chi connectivity index (χ2n) is 5.62. The van der Waals surface area contributed by atoms with Crippen LogP contribution in [0.2, 0.25) is 0 Å². The second kappa shape index (κ2) is 7.09. The van der Waals surface area contributed by atoms with Gasteiger partial charge in [-0.2, -0.15) is 5.10 Å². The van der Waals surface area contributed by atoms with E-state index >= 15 is 0 Å². The summed E-state index contributed by atoms with van der Waals surface area (Å²) in [7, 11) is 1.86. The third-order valence-corrected chi connectivity index (χ3v) is 5.02. The standard InChI is InChI=1S/C15H21N5OS/c1-19-14-12(9-18-19)15(17-11-16-14)22-10-13(21)20-7-5-3-2-4-6-8-20/h9,11H,2-8,10H2,1H3. The molecule has 0 N–H and O–H groups in total. The highest BCUT2D eigenvalue weighted by atomic mass is 32.2. The van der Waals surface area contributed by atoms with Crippen molar-refractivity contribution >= 4 is 28.7 Å². The summed E-state index contributed by atoms with van der Waals surface area (Å²) in [4.78, 5) is 22.9. The first-order valence-corrected chi connectivity index (χ1v) is 8.77. The van der Waals surface area contributed by atoms with Crippen LogP contribution < -0.4 is 0 Å². The number of fused-ring (bicyclic) bond motifs is 1. The summed E-state index contributed by atoms with van der Waals surface area (Å²) in [5.74, 6) is 0.642. The van der Waals surface area contributed by atoms with Crippen molar-refractivity contribution < 1.29 is 4.79 Å². The summed E-state index contributed by atoms with van der Waals surface area (Å²) in [5.41, 5.74) is 0.802. The molecule has 1 saturated heterocycles. The Morgan fingerprint density at radius 2 is 1.91 bits per heavy atom. The van der Waals surface area contributed by atoms with Crippen LogP contribution in [-0.4, -0.2) is 49.4 Å². The highest BCUT2D eigenvalue weighted by Gasteiger charge is 2.16. The normalized spacial score (nSPS) is 16.5. The molecule has 118 valence electrons. The van der Waals surface area contributed by atoms with Gasteiger partial charge in [0.05, 0.1) is 17.3 Å². The zero-order chi connectivity index (χ0) is 15.4. The second-order valence-corrected chi connectivity index (χ2v) is 6.59. The highest BCUT2D eigenvalue weighted by molar-refractivity contribution is 8.00. The Kier molecular flexibility index (Phi) is 4.92. The number of rotatable bonds is 3. The van der Waals surface area contributed by atoms with Gasteiger partial charge in [-0.3, -0.25) is 9.48 Å². The average Bonchev–Trinajstić information content (AvgIpc) is 2.87. The van der Waals surface area contributed by atoms with Gasteiger partial charge in [0.25, 0.3) is 0 Å². The van der Waals surface area contributed by atoms with Crippen LogP contribution in [0.15, 0.2) is 17.6 Å². The average molecular weight is 319 g/mol. The van der Waals surface area contributed by atoms with Gasteiger partial charge in [-0.1, -0.05) is 31.0 Å². The van der Waals surface area contributed by atoms with Gasteiger partial charge in [-0.05, 0) is 12.8 Å². The van der Waals surface area contributed by atoms with E-state index in [4.69, 9.17) is 0 Å². The van der Waals surface area contributed by atoms with Crippen molar-refractivity contribution in [3.05, 3.63) is 12.5 Å². The Balaban J connectivity index is 1.64. The minimum atomic E-state index is 0.211. The summed E-state index contributed by atoms with van der Waals surface area (Å²) < 4.78 is 1.72. The van der Waals surface area contributed by atoms with E-state index in [-0.39, 0.29) is 5.91 Å². The molecule has 0 spiro atoms. The predicted octanol–water partition coefficient (Wildman–Crippen LogP) is 2.25. The van der Waals surface area contributed by atoms with Gasteiger partial charge in [0.1, 0.15) is 11.4 Å². The smallest absolute Gasteiger partial charge is 0.232 e. The van der Waals surface area contributed by atoms with Crippen LogP contribution in [0.5, 0.6) is 0 Å². The van der Waals surface area contributed by atoms with Gasteiger partial charge in [0.15, 0.2) is 5.65 Å². The topological polar surface area (TPSA) is 63.9 Å². The third kappa shape index (κ3) is 3.40. The van der Waals surface area contributed by atoms with Gasteiger partial charge in [-0.25, -0.2) is 9.97 Å². The number of thioether (sulfide) groups is 1. The summed E-state index contributed by atoms with van der Waals surface area (Å²) in [5, 5.41) is 5.95. The number of amides is 1. The quantitative estimate of drug-likeness (QED) is 0.641. The molecule has 22 heavy (non-hydrogen) atoms. The van der Waals surface area contributed by atoms with Crippen LogP contribution in [0.25, 0.3) is 11.0 Å². The molecule has 0 bridgehead atoms. The monoisotopic (exact) mass is 319 g/mol. The molecule has 1 fully saturated rings. The van der Waals surface area contributed by atoms with E-state index < -0.39 is 0 Å². The fourth-order valence-corrected chi connectivity index (χ4v) is 3.64. The number of carbonyl (C=O) groups excluding carboxylic acids is 1. The van der Waals surface area contributed by atoms with Gasteiger partial charge >= 0.3 is 0 Å². The first-order valence-electron chi connectivity index (χ1n) is 7.79. The maximum absolute atomic E-state index is 12.4. The van der Waals surface area contributed by atoms with Crippen molar-refractivity contribution in [1.29, 1.82) is 0 Å². The van der Waals surface area contributed by atoms with Gasteiger partial charge in [-0.15, -0.1) is 0 Å². The molecule has 0 saturated carbocycles. The highest BCUT2D eigenvalue weighted by Crippen LogP contribution is 2.24. The Hall–Kier alpha value is -1.63.